The van der Waals surface area contributed by atoms with Gasteiger partial charge in [-0.15, -0.1) is 0 Å². The molecule has 0 fully saturated rings. The number of benzene rings is 2. The molecule has 5 nitrogen and oxygen atoms in total. The lowest BCUT2D eigenvalue weighted by atomic mass is 9.98. The first-order valence-corrected chi connectivity index (χ1v) is 7.36. The minimum atomic E-state index is -1.55. The van der Waals surface area contributed by atoms with Gasteiger partial charge in [0.25, 0.3) is 0 Å². The Hall–Kier alpha value is -2.80. The average Bonchev–Trinajstić information content (AvgIpc) is 2.55. The van der Waals surface area contributed by atoms with E-state index in [0.717, 1.165) is 17.7 Å². The van der Waals surface area contributed by atoms with Gasteiger partial charge in [-0.3, -0.25) is 9.59 Å². The number of rotatable bonds is 3. The summed E-state index contributed by atoms with van der Waals surface area (Å²) >= 11 is 0. The number of nitrogens with one attached hydrogen (secondary N) is 2. The molecule has 3 rings (SSSR count). The Kier molecular flexibility index (Phi) is 4.26. The number of carbonyl (C=O) groups is 2. The van der Waals surface area contributed by atoms with Gasteiger partial charge in [0.15, 0.2) is 0 Å². The highest BCUT2D eigenvalue weighted by Gasteiger charge is 2.30. The molecule has 2 atom stereocenters. The summed E-state index contributed by atoms with van der Waals surface area (Å²) in [5.74, 6) is -3.03. The molecule has 1 aliphatic rings. The summed E-state index contributed by atoms with van der Waals surface area (Å²) in [4.78, 5) is 24.3. The van der Waals surface area contributed by atoms with E-state index in [1.165, 1.54) is 6.07 Å². The summed E-state index contributed by atoms with van der Waals surface area (Å²) in [6, 6.07) is 8.01. The van der Waals surface area contributed by atoms with Crippen LogP contribution in [0, 0.1) is 11.6 Å². The van der Waals surface area contributed by atoms with E-state index >= 15 is 0 Å². The van der Waals surface area contributed by atoms with Crippen LogP contribution in [0.5, 0.6) is 0 Å². The fourth-order valence-electron chi connectivity index (χ4n) is 2.67. The highest BCUT2D eigenvalue weighted by atomic mass is 19.1. The quantitative estimate of drug-likeness (QED) is 0.799. The van der Waals surface area contributed by atoms with E-state index in [1.54, 1.807) is 12.1 Å². The minimum Gasteiger partial charge on any atom is -0.342 e. The molecule has 0 bridgehead atoms. The Morgan fingerprint density at radius 2 is 1.83 bits per heavy atom. The summed E-state index contributed by atoms with van der Waals surface area (Å²) in [5, 5.41) is 5.13. The molecule has 0 spiro atoms. The second-order valence-corrected chi connectivity index (χ2v) is 5.52. The molecule has 2 unspecified atom stereocenters. The summed E-state index contributed by atoms with van der Waals surface area (Å²) in [5.41, 5.74) is 6.68. The van der Waals surface area contributed by atoms with Crippen molar-refractivity contribution in [2.45, 2.75) is 18.5 Å². The van der Waals surface area contributed by atoms with E-state index in [0.29, 0.717) is 5.69 Å². The highest BCUT2D eigenvalue weighted by molar-refractivity contribution is 6.00. The van der Waals surface area contributed by atoms with Crippen LogP contribution in [0.4, 0.5) is 14.5 Å². The molecule has 24 heavy (non-hydrogen) atoms. The first-order valence-electron chi connectivity index (χ1n) is 7.36. The monoisotopic (exact) mass is 331 g/mol. The maximum atomic E-state index is 13.7. The normalized spacial score (nSPS) is 17.6. The van der Waals surface area contributed by atoms with Gasteiger partial charge in [-0.05, 0) is 23.8 Å². The zero-order valence-electron chi connectivity index (χ0n) is 12.6. The van der Waals surface area contributed by atoms with Crippen molar-refractivity contribution in [2.75, 3.05) is 5.32 Å². The molecular formula is C17H15F2N3O2. The topological polar surface area (TPSA) is 84.2 Å². The smallest absolute Gasteiger partial charge is 0.247 e. The molecule has 1 aliphatic heterocycles. The SMILES string of the molecule is NC(C(=O)NC1Cc2ccccc2NC1=O)c1c(F)cccc1F. The highest BCUT2D eigenvalue weighted by Crippen LogP contribution is 2.23. The van der Waals surface area contributed by atoms with Gasteiger partial charge in [-0.1, -0.05) is 24.3 Å². The van der Waals surface area contributed by atoms with Gasteiger partial charge in [-0.2, -0.15) is 0 Å². The second-order valence-electron chi connectivity index (χ2n) is 5.52. The van der Waals surface area contributed by atoms with Gasteiger partial charge in [0.05, 0.1) is 0 Å². The van der Waals surface area contributed by atoms with Crippen LogP contribution >= 0.6 is 0 Å². The largest absolute Gasteiger partial charge is 0.342 e. The lowest BCUT2D eigenvalue weighted by Gasteiger charge is -2.26. The summed E-state index contributed by atoms with van der Waals surface area (Å²) in [7, 11) is 0. The summed E-state index contributed by atoms with van der Waals surface area (Å²) in [6.45, 7) is 0. The van der Waals surface area contributed by atoms with Crippen molar-refractivity contribution < 1.29 is 18.4 Å². The number of amides is 2. The molecule has 1 heterocycles. The average molecular weight is 331 g/mol. The van der Waals surface area contributed by atoms with Crippen LogP contribution in [0.1, 0.15) is 17.2 Å². The van der Waals surface area contributed by atoms with E-state index in [1.807, 2.05) is 12.1 Å². The van der Waals surface area contributed by atoms with Crippen LogP contribution in [0.2, 0.25) is 0 Å². The van der Waals surface area contributed by atoms with Crippen molar-refractivity contribution >= 4 is 17.5 Å². The van der Waals surface area contributed by atoms with Crippen molar-refractivity contribution in [1.29, 1.82) is 0 Å². The maximum absolute atomic E-state index is 13.7. The number of hydrogen-bond donors (Lipinski definition) is 3. The number of halogens is 2. The molecule has 2 amide bonds. The van der Waals surface area contributed by atoms with Gasteiger partial charge in [0, 0.05) is 17.7 Å². The van der Waals surface area contributed by atoms with E-state index in [4.69, 9.17) is 5.73 Å². The predicted octanol–water partition coefficient (Wildman–Crippen LogP) is 1.64. The fraction of sp³-hybridized carbons (Fsp3) is 0.176. The molecule has 4 N–H and O–H groups in total. The van der Waals surface area contributed by atoms with Crippen molar-refractivity contribution in [1.82, 2.24) is 5.32 Å². The minimum absolute atomic E-state index is 0.278. The molecule has 0 aromatic heterocycles. The fourth-order valence-corrected chi connectivity index (χ4v) is 2.67. The Bertz CT molecular complexity index is 790. The van der Waals surface area contributed by atoms with Crippen LogP contribution < -0.4 is 16.4 Å². The third-order valence-corrected chi connectivity index (χ3v) is 3.93. The summed E-state index contributed by atoms with van der Waals surface area (Å²) in [6.07, 6.45) is 0.278. The molecule has 7 heteroatoms. The van der Waals surface area contributed by atoms with Crippen LogP contribution in [0.25, 0.3) is 0 Å². The maximum Gasteiger partial charge on any atom is 0.247 e. The second kappa shape index (κ2) is 6.37. The molecule has 124 valence electrons. The first kappa shape index (κ1) is 16.1. The number of nitrogens with two attached hydrogens (primary N) is 1. The van der Waals surface area contributed by atoms with Crippen molar-refractivity contribution in [3.8, 4) is 0 Å². The first-order chi connectivity index (χ1) is 11.5. The molecule has 0 saturated carbocycles. The lowest BCUT2D eigenvalue weighted by Crippen LogP contribution is -2.50. The molecule has 0 saturated heterocycles. The molecule has 2 aromatic carbocycles. The molecule has 0 radical (unpaired) electrons. The Morgan fingerprint density at radius 3 is 2.54 bits per heavy atom. The molecule has 0 aliphatic carbocycles. The van der Waals surface area contributed by atoms with Gasteiger partial charge >= 0.3 is 0 Å². The van der Waals surface area contributed by atoms with Gasteiger partial charge in [0.2, 0.25) is 11.8 Å². The van der Waals surface area contributed by atoms with E-state index in [9.17, 15) is 18.4 Å². The van der Waals surface area contributed by atoms with Gasteiger partial charge in [-0.25, -0.2) is 8.78 Å². The van der Waals surface area contributed by atoms with Gasteiger partial charge < -0.3 is 16.4 Å². The number of fused-ring (bicyclic) bond motifs is 1. The Morgan fingerprint density at radius 1 is 1.17 bits per heavy atom. The van der Waals surface area contributed by atoms with Crippen LogP contribution in [0.3, 0.4) is 0 Å². The van der Waals surface area contributed by atoms with E-state index < -0.39 is 41.1 Å². The molecule has 2 aromatic rings. The van der Waals surface area contributed by atoms with E-state index in [2.05, 4.69) is 10.6 Å². The third-order valence-electron chi connectivity index (χ3n) is 3.93. The predicted molar refractivity (Wildman–Crippen MR) is 84.0 cm³/mol. The van der Waals surface area contributed by atoms with Gasteiger partial charge in [0.1, 0.15) is 23.7 Å². The zero-order valence-corrected chi connectivity index (χ0v) is 12.6. The Balaban J connectivity index is 1.77. The summed E-state index contributed by atoms with van der Waals surface area (Å²) < 4.78 is 27.5. The van der Waals surface area contributed by atoms with Crippen LogP contribution in [0.15, 0.2) is 42.5 Å². The Labute approximate surface area is 136 Å². The van der Waals surface area contributed by atoms with Crippen LogP contribution in [-0.4, -0.2) is 17.9 Å². The van der Waals surface area contributed by atoms with Crippen molar-refractivity contribution in [3.63, 3.8) is 0 Å². The number of para-hydroxylation sites is 1. The van der Waals surface area contributed by atoms with Crippen molar-refractivity contribution in [3.05, 3.63) is 65.2 Å². The molecular weight excluding hydrogens is 316 g/mol. The number of carbonyl (C=O) groups excluding carboxylic acids is 2. The van der Waals surface area contributed by atoms with Crippen LogP contribution in [-0.2, 0) is 16.0 Å². The lowest BCUT2D eigenvalue weighted by molar-refractivity contribution is -0.127. The zero-order chi connectivity index (χ0) is 17.3. The third kappa shape index (κ3) is 2.98. The van der Waals surface area contributed by atoms with E-state index in [-0.39, 0.29) is 6.42 Å². The number of anilines is 1. The number of hydrogen-bond acceptors (Lipinski definition) is 3. The standard InChI is InChI=1S/C17H15F2N3O2/c18-10-5-3-6-11(19)14(10)15(20)17(24)22-13-8-9-4-1-2-7-12(9)21-16(13)23/h1-7,13,15H,8,20H2,(H,21,23)(H,22,24). The van der Waals surface area contributed by atoms with Crippen molar-refractivity contribution in [2.24, 2.45) is 5.73 Å².